The first-order valence-corrected chi connectivity index (χ1v) is 11.7. The van der Waals surface area contributed by atoms with Gasteiger partial charge in [0.1, 0.15) is 6.54 Å². The molecule has 2 aliphatic rings. The van der Waals surface area contributed by atoms with Gasteiger partial charge >= 0.3 is 0 Å². The van der Waals surface area contributed by atoms with Crippen LogP contribution in [0.3, 0.4) is 0 Å². The highest BCUT2D eigenvalue weighted by Crippen LogP contribution is 2.35. The minimum absolute atomic E-state index is 0.0546. The van der Waals surface area contributed by atoms with Crippen molar-refractivity contribution >= 4 is 34.9 Å². The van der Waals surface area contributed by atoms with Crippen molar-refractivity contribution in [2.75, 3.05) is 26.2 Å². The predicted molar refractivity (Wildman–Crippen MR) is 121 cm³/mol. The Balaban J connectivity index is 1.74. The van der Waals surface area contributed by atoms with E-state index in [-0.39, 0.29) is 18.6 Å². The maximum atomic E-state index is 12.8. The summed E-state index contributed by atoms with van der Waals surface area (Å²) >= 11 is 0.859. The minimum atomic E-state index is -0.432. The fraction of sp³-hybridized carbons (Fsp3) is 0.522. The Bertz CT molecular complexity index is 864. The molecule has 0 aromatic heterocycles. The summed E-state index contributed by atoms with van der Waals surface area (Å²) in [6.07, 6.45) is 5.62. The fourth-order valence-electron chi connectivity index (χ4n) is 3.45. The number of carbonyl (C=O) groups excluding carboxylic acids is 3. The summed E-state index contributed by atoms with van der Waals surface area (Å²) in [6, 6.07) is 5.44. The standard InChI is InChI=1S/C23H30N2O5S/c1-4-16(3)30-18-10-9-17(13-19(18)29-5-2)14-20-22(27)25(23(28)31-20)15-21(26)24-11-7-6-8-12-24/h9-10,13-14,16H,4-8,11-12,15H2,1-3H3/b20-14+/t16-/m0/s1. The summed E-state index contributed by atoms with van der Waals surface area (Å²) in [5.41, 5.74) is 0.729. The Hall–Kier alpha value is -2.48. The molecule has 0 aliphatic carbocycles. The van der Waals surface area contributed by atoms with E-state index in [0.717, 1.165) is 47.9 Å². The third-order valence-electron chi connectivity index (χ3n) is 5.34. The number of thioether (sulfide) groups is 1. The van der Waals surface area contributed by atoms with E-state index >= 15 is 0 Å². The number of carbonyl (C=O) groups is 3. The van der Waals surface area contributed by atoms with E-state index < -0.39 is 11.1 Å². The Morgan fingerprint density at radius 3 is 2.58 bits per heavy atom. The molecule has 31 heavy (non-hydrogen) atoms. The van der Waals surface area contributed by atoms with Gasteiger partial charge in [-0.3, -0.25) is 19.3 Å². The maximum absolute atomic E-state index is 12.8. The lowest BCUT2D eigenvalue weighted by Gasteiger charge is -2.27. The Kier molecular flexibility index (Phi) is 8.01. The molecule has 0 N–H and O–H groups in total. The van der Waals surface area contributed by atoms with Gasteiger partial charge < -0.3 is 14.4 Å². The van der Waals surface area contributed by atoms with Crippen molar-refractivity contribution in [2.45, 2.75) is 52.6 Å². The summed E-state index contributed by atoms with van der Waals surface area (Å²) in [5.74, 6) is 0.635. The smallest absolute Gasteiger partial charge is 0.294 e. The van der Waals surface area contributed by atoms with E-state index in [0.29, 0.717) is 36.1 Å². The van der Waals surface area contributed by atoms with Crippen LogP contribution in [-0.2, 0) is 9.59 Å². The molecule has 8 heteroatoms. The molecule has 1 aromatic rings. The monoisotopic (exact) mass is 446 g/mol. The zero-order valence-corrected chi connectivity index (χ0v) is 19.2. The minimum Gasteiger partial charge on any atom is -0.490 e. The van der Waals surface area contributed by atoms with Gasteiger partial charge in [0.2, 0.25) is 5.91 Å². The van der Waals surface area contributed by atoms with E-state index in [4.69, 9.17) is 9.47 Å². The van der Waals surface area contributed by atoms with Gasteiger partial charge in [0.15, 0.2) is 11.5 Å². The number of piperidine rings is 1. The largest absolute Gasteiger partial charge is 0.490 e. The van der Waals surface area contributed by atoms with Crippen molar-refractivity contribution in [1.29, 1.82) is 0 Å². The molecule has 0 radical (unpaired) electrons. The van der Waals surface area contributed by atoms with E-state index in [1.807, 2.05) is 32.9 Å². The second kappa shape index (κ2) is 10.7. The molecule has 0 unspecified atom stereocenters. The molecule has 168 valence electrons. The molecule has 3 rings (SSSR count). The lowest BCUT2D eigenvalue weighted by Crippen LogP contribution is -2.44. The van der Waals surface area contributed by atoms with Crippen molar-refractivity contribution in [3.8, 4) is 11.5 Å². The van der Waals surface area contributed by atoms with Gasteiger partial charge in [-0.2, -0.15) is 0 Å². The highest BCUT2D eigenvalue weighted by molar-refractivity contribution is 8.18. The van der Waals surface area contributed by atoms with Gasteiger partial charge in [-0.1, -0.05) is 13.0 Å². The maximum Gasteiger partial charge on any atom is 0.294 e. The molecule has 1 aromatic carbocycles. The Labute approximate surface area is 187 Å². The van der Waals surface area contributed by atoms with Crippen LogP contribution in [0.15, 0.2) is 23.1 Å². The van der Waals surface area contributed by atoms with Gasteiger partial charge in [0, 0.05) is 13.1 Å². The summed E-state index contributed by atoms with van der Waals surface area (Å²) in [7, 11) is 0. The molecule has 2 heterocycles. The number of hydrogen-bond donors (Lipinski definition) is 0. The number of amides is 3. The van der Waals surface area contributed by atoms with Crippen LogP contribution in [-0.4, -0.2) is 59.2 Å². The molecule has 1 atom stereocenters. The quantitative estimate of drug-likeness (QED) is 0.554. The molecule has 7 nitrogen and oxygen atoms in total. The lowest BCUT2D eigenvalue weighted by atomic mass is 10.1. The number of hydrogen-bond acceptors (Lipinski definition) is 6. The molecule has 2 fully saturated rings. The first-order valence-electron chi connectivity index (χ1n) is 10.9. The number of benzene rings is 1. The van der Waals surface area contributed by atoms with Gasteiger partial charge in [0.25, 0.3) is 11.1 Å². The summed E-state index contributed by atoms with van der Waals surface area (Å²) in [4.78, 5) is 40.8. The molecule has 0 bridgehead atoms. The van der Waals surface area contributed by atoms with E-state index in [1.165, 1.54) is 0 Å². The average molecular weight is 447 g/mol. The number of likely N-dealkylation sites (tertiary alicyclic amines) is 1. The molecule has 2 aliphatic heterocycles. The first kappa shape index (κ1) is 23.2. The van der Waals surface area contributed by atoms with Crippen LogP contribution in [0.25, 0.3) is 6.08 Å². The summed E-state index contributed by atoms with van der Waals surface area (Å²) < 4.78 is 11.6. The van der Waals surface area contributed by atoms with Crippen LogP contribution in [0.1, 0.15) is 52.0 Å². The van der Waals surface area contributed by atoms with Crippen molar-refractivity contribution in [3.63, 3.8) is 0 Å². The summed E-state index contributed by atoms with van der Waals surface area (Å²) in [5, 5.41) is -0.414. The van der Waals surface area contributed by atoms with Gasteiger partial charge in [0.05, 0.1) is 17.6 Å². The SMILES string of the molecule is CCOc1cc(/C=C2/SC(=O)N(CC(=O)N3CCCCC3)C2=O)ccc1O[C@@H](C)CC. The van der Waals surface area contributed by atoms with Gasteiger partial charge in [-0.05, 0) is 75.1 Å². The van der Waals surface area contributed by atoms with Crippen LogP contribution in [0.4, 0.5) is 4.79 Å². The van der Waals surface area contributed by atoms with Crippen LogP contribution >= 0.6 is 11.8 Å². The third-order valence-corrected chi connectivity index (χ3v) is 6.25. The average Bonchev–Trinajstić information content (AvgIpc) is 3.03. The van der Waals surface area contributed by atoms with E-state index in [9.17, 15) is 14.4 Å². The van der Waals surface area contributed by atoms with Crippen LogP contribution in [0, 0.1) is 0 Å². The fourth-order valence-corrected chi connectivity index (χ4v) is 4.28. The lowest BCUT2D eigenvalue weighted by molar-refractivity contribution is -0.136. The van der Waals surface area contributed by atoms with Crippen molar-refractivity contribution in [3.05, 3.63) is 28.7 Å². The number of nitrogens with zero attached hydrogens (tertiary/aromatic N) is 2. The van der Waals surface area contributed by atoms with Crippen LogP contribution < -0.4 is 9.47 Å². The Morgan fingerprint density at radius 1 is 1.16 bits per heavy atom. The van der Waals surface area contributed by atoms with Crippen LogP contribution in [0.2, 0.25) is 0 Å². The van der Waals surface area contributed by atoms with Crippen molar-refractivity contribution in [1.82, 2.24) is 9.80 Å². The molecule has 0 saturated carbocycles. The van der Waals surface area contributed by atoms with Crippen molar-refractivity contribution in [2.24, 2.45) is 0 Å². The van der Waals surface area contributed by atoms with Crippen molar-refractivity contribution < 1.29 is 23.9 Å². The van der Waals surface area contributed by atoms with Gasteiger partial charge in [-0.15, -0.1) is 0 Å². The van der Waals surface area contributed by atoms with E-state index in [2.05, 4.69) is 0 Å². The molecule has 3 amide bonds. The topological polar surface area (TPSA) is 76.2 Å². The second-order valence-corrected chi connectivity index (χ2v) is 8.68. The highest BCUT2D eigenvalue weighted by atomic mass is 32.2. The molecule has 0 spiro atoms. The molecular weight excluding hydrogens is 416 g/mol. The zero-order valence-electron chi connectivity index (χ0n) is 18.4. The van der Waals surface area contributed by atoms with Crippen LogP contribution in [0.5, 0.6) is 11.5 Å². The third kappa shape index (κ3) is 5.81. The molecule has 2 saturated heterocycles. The zero-order chi connectivity index (χ0) is 22.4. The van der Waals surface area contributed by atoms with Gasteiger partial charge in [-0.25, -0.2) is 0 Å². The Morgan fingerprint density at radius 2 is 1.90 bits per heavy atom. The molecular formula is C23H30N2O5S. The number of imide groups is 1. The first-order chi connectivity index (χ1) is 14.9. The normalized spacial score (nSPS) is 19.1. The highest BCUT2D eigenvalue weighted by Gasteiger charge is 2.37. The number of rotatable bonds is 8. The second-order valence-electron chi connectivity index (χ2n) is 7.69. The summed E-state index contributed by atoms with van der Waals surface area (Å²) in [6.45, 7) is 7.59. The van der Waals surface area contributed by atoms with E-state index in [1.54, 1.807) is 17.0 Å². The predicted octanol–water partition coefficient (Wildman–Crippen LogP) is 4.31. The number of ether oxygens (including phenoxy) is 2.